The Hall–Kier alpha value is -3.14. The van der Waals surface area contributed by atoms with Gasteiger partial charge in [-0.2, -0.15) is 0 Å². The van der Waals surface area contributed by atoms with Crippen LogP contribution >= 0.6 is 0 Å². The van der Waals surface area contributed by atoms with E-state index in [1.807, 2.05) is 42.6 Å². The largest absolute Gasteiger partial charge is 0.287 e. The molecule has 5 rings (SSSR count). The second-order valence-corrected chi connectivity index (χ2v) is 7.56. The summed E-state index contributed by atoms with van der Waals surface area (Å²) in [5.41, 5.74) is 4.06. The molecule has 2 heterocycles. The van der Waals surface area contributed by atoms with Crippen LogP contribution in [0.5, 0.6) is 0 Å². The summed E-state index contributed by atoms with van der Waals surface area (Å²) in [7, 11) is 0. The Kier molecular flexibility index (Phi) is 4.32. The molecule has 0 N–H and O–H groups in total. The van der Waals surface area contributed by atoms with Crippen LogP contribution < -0.4 is 0 Å². The van der Waals surface area contributed by atoms with Gasteiger partial charge in [-0.3, -0.25) is 9.78 Å². The Labute approximate surface area is 163 Å². The van der Waals surface area contributed by atoms with E-state index < -0.39 is 0 Å². The molecule has 0 aliphatic heterocycles. The summed E-state index contributed by atoms with van der Waals surface area (Å²) in [4.78, 5) is 17.4. The van der Waals surface area contributed by atoms with Gasteiger partial charge >= 0.3 is 0 Å². The van der Waals surface area contributed by atoms with Crippen molar-refractivity contribution in [2.24, 2.45) is 0 Å². The van der Waals surface area contributed by atoms with Gasteiger partial charge in [0.05, 0.1) is 5.52 Å². The van der Waals surface area contributed by atoms with E-state index in [1.54, 1.807) is 18.2 Å². The second kappa shape index (κ2) is 7.12. The van der Waals surface area contributed by atoms with Gasteiger partial charge in [0.15, 0.2) is 0 Å². The third kappa shape index (κ3) is 2.95. The molecular formula is C24H21N3O. The quantitative estimate of drug-likeness (QED) is 0.451. The minimum atomic E-state index is -0.113. The maximum absolute atomic E-state index is 12.8. The van der Waals surface area contributed by atoms with Crippen molar-refractivity contribution < 1.29 is 4.79 Å². The first-order chi connectivity index (χ1) is 13.8. The molecule has 0 atom stereocenters. The molecule has 1 aliphatic rings. The van der Waals surface area contributed by atoms with Gasteiger partial charge in [-0.15, -0.1) is 10.2 Å². The Morgan fingerprint density at radius 2 is 1.64 bits per heavy atom. The summed E-state index contributed by atoms with van der Waals surface area (Å²) in [5, 5.41) is 11.0. The van der Waals surface area contributed by atoms with E-state index in [9.17, 15) is 4.79 Å². The van der Waals surface area contributed by atoms with E-state index in [2.05, 4.69) is 15.2 Å². The number of carbonyl (C=O) groups is 1. The summed E-state index contributed by atoms with van der Waals surface area (Å²) < 4.78 is 0. The fourth-order valence-corrected chi connectivity index (χ4v) is 4.32. The lowest BCUT2D eigenvalue weighted by molar-refractivity contribution is 0.103. The summed E-state index contributed by atoms with van der Waals surface area (Å²) in [6, 6.07) is 17.0. The highest BCUT2D eigenvalue weighted by Gasteiger charge is 2.21. The smallest absolute Gasteiger partial charge is 0.213 e. The first-order valence-electron chi connectivity index (χ1n) is 9.96. The zero-order valence-corrected chi connectivity index (χ0v) is 15.6. The van der Waals surface area contributed by atoms with E-state index in [0.717, 1.165) is 21.8 Å². The highest BCUT2D eigenvalue weighted by Crippen LogP contribution is 2.38. The maximum Gasteiger partial charge on any atom is 0.213 e. The Bertz CT molecular complexity index is 1160. The van der Waals surface area contributed by atoms with Crippen LogP contribution in [0.25, 0.3) is 21.8 Å². The molecule has 2 aromatic heterocycles. The molecule has 0 bridgehead atoms. The summed E-state index contributed by atoms with van der Waals surface area (Å²) in [5.74, 6) is 0.430. The normalized spacial score (nSPS) is 15.1. The fourth-order valence-electron chi connectivity index (χ4n) is 4.32. The zero-order valence-electron chi connectivity index (χ0n) is 15.6. The Morgan fingerprint density at radius 3 is 2.46 bits per heavy atom. The Morgan fingerprint density at radius 1 is 0.857 bits per heavy atom. The van der Waals surface area contributed by atoms with E-state index in [4.69, 9.17) is 0 Å². The number of hydrogen-bond acceptors (Lipinski definition) is 4. The highest BCUT2D eigenvalue weighted by molar-refractivity contribution is 6.09. The lowest BCUT2D eigenvalue weighted by atomic mass is 9.84. The van der Waals surface area contributed by atoms with Crippen LogP contribution in [-0.2, 0) is 0 Å². The predicted molar refractivity (Wildman–Crippen MR) is 111 cm³/mol. The van der Waals surface area contributed by atoms with Crippen molar-refractivity contribution in [3.8, 4) is 0 Å². The third-order valence-corrected chi connectivity index (χ3v) is 5.81. The standard InChI is InChI=1S/C24H21N3O/c28-24(18-9-5-2-6-10-18)21-14-12-17-11-13-20-22(23(17)27-26-21)19(15-25-20)16-7-3-1-4-8-16/h2,5-6,9-16H,1,3-4,7-8H2. The number of fused-ring (bicyclic) bond motifs is 3. The maximum atomic E-state index is 12.8. The molecule has 4 nitrogen and oxygen atoms in total. The topological polar surface area (TPSA) is 55.7 Å². The van der Waals surface area contributed by atoms with E-state index in [1.165, 1.54) is 37.7 Å². The summed E-state index contributed by atoms with van der Waals surface area (Å²) >= 11 is 0. The molecule has 28 heavy (non-hydrogen) atoms. The van der Waals surface area contributed by atoms with Gasteiger partial charge in [0.1, 0.15) is 11.2 Å². The summed E-state index contributed by atoms with van der Waals surface area (Å²) in [6.07, 6.45) is 8.31. The van der Waals surface area contributed by atoms with Crippen molar-refractivity contribution in [1.82, 2.24) is 15.2 Å². The van der Waals surface area contributed by atoms with Gasteiger partial charge in [0.25, 0.3) is 0 Å². The molecule has 2 aromatic carbocycles. The molecule has 4 aromatic rings. The molecule has 4 heteroatoms. The molecule has 0 spiro atoms. The number of rotatable bonds is 3. The zero-order chi connectivity index (χ0) is 18.9. The lowest BCUT2D eigenvalue weighted by Gasteiger charge is -2.21. The average Bonchev–Trinajstić information content (AvgIpc) is 3.08. The van der Waals surface area contributed by atoms with Crippen LogP contribution in [0.1, 0.15) is 59.6 Å². The minimum absolute atomic E-state index is 0.113. The van der Waals surface area contributed by atoms with Crippen molar-refractivity contribution in [2.75, 3.05) is 0 Å². The van der Waals surface area contributed by atoms with Gasteiger partial charge in [0, 0.05) is 22.5 Å². The first-order valence-corrected chi connectivity index (χ1v) is 9.96. The van der Waals surface area contributed by atoms with E-state index in [-0.39, 0.29) is 5.78 Å². The Balaban J connectivity index is 1.65. The van der Waals surface area contributed by atoms with Crippen LogP contribution in [0.4, 0.5) is 0 Å². The number of carbonyl (C=O) groups excluding carboxylic acids is 1. The van der Waals surface area contributed by atoms with Gasteiger partial charge in [0.2, 0.25) is 5.78 Å². The molecule has 1 fully saturated rings. The molecule has 0 saturated heterocycles. The highest BCUT2D eigenvalue weighted by atomic mass is 16.1. The SMILES string of the molecule is O=C(c1ccccc1)c1ccc2ccc3ncc(C4CCCCC4)c3c2nn1. The van der Waals surface area contributed by atoms with Gasteiger partial charge in [-0.05, 0) is 36.5 Å². The predicted octanol–water partition coefficient (Wildman–Crippen LogP) is 5.46. The molecule has 1 aliphatic carbocycles. The van der Waals surface area contributed by atoms with Crippen molar-refractivity contribution in [3.63, 3.8) is 0 Å². The van der Waals surface area contributed by atoms with Crippen LogP contribution in [0.15, 0.2) is 60.8 Å². The van der Waals surface area contributed by atoms with Crippen LogP contribution in [0, 0.1) is 0 Å². The fraction of sp³-hybridized carbons (Fsp3) is 0.250. The molecule has 1 saturated carbocycles. The number of nitrogens with zero attached hydrogens (tertiary/aromatic N) is 3. The number of hydrogen-bond donors (Lipinski definition) is 0. The third-order valence-electron chi connectivity index (χ3n) is 5.81. The number of benzene rings is 2. The van der Waals surface area contributed by atoms with Gasteiger partial charge in [-0.1, -0.05) is 61.7 Å². The van der Waals surface area contributed by atoms with E-state index >= 15 is 0 Å². The molecule has 0 amide bonds. The second-order valence-electron chi connectivity index (χ2n) is 7.56. The van der Waals surface area contributed by atoms with Crippen LogP contribution in [0.2, 0.25) is 0 Å². The number of ketones is 1. The molecule has 0 radical (unpaired) electrons. The molecule has 138 valence electrons. The average molecular weight is 367 g/mol. The van der Waals surface area contributed by atoms with Crippen LogP contribution in [0.3, 0.4) is 0 Å². The lowest BCUT2D eigenvalue weighted by Crippen LogP contribution is -2.04. The molecule has 0 unspecified atom stereocenters. The monoisotopic (exact) mass is 367 g/mol. The van der Waals surface area contributed by atoms with Gasteiger partial charge in [-0.25, -0.2) is 0 Å². The minimum Gasteiger partial charge on any atom is -0.287 e. The first kappa shape index (κ1) is 17.0. The van der Waals surface area contributed by atoms with Crippen molar-refractivity contribution in [1.29, 1.82) is 0 Å². The van der Waals surface area contributed by atoms with Crippen molar-refractivity contribution >= 4 is 27.6 Å². The number of aromatic nitrogens is 3. The van der Waals surface area contributed by atoms with Crippen molar-refractivity contribution in [3.05, 3.63) is 77.6 Å². The van der Waals surface area contributed by atoms with E-state index in [0.29, 0.717) is 17.2 Å². The molecular weight excluding hydrogens is 346 g/mol. The van der Waals surface area contributed by atoms with Crippen molar-refractivity contribution in [2.45, 2.75) is 38.0 Å². The summed E-state index contributed by atoms with van der Waals surface area (Å²) in [6.45, 7) is 0. The van der Waals surface area contributed by atoms with Gasteiger partial charge < -0.3 is 0 Å². The van der Waals surface area contributed by atoms with Crippen LogP contribution in [-0.4, -0.2) is 21.0 Å².